The number of primary amides is 1. The first kappa shape index (κ1) is 22.9. The molecular weight excluding hydrogens is 408 g/mol. The van der Waals surface area contributed by atoms with Crippen molar-refractivity contribution < 1.29 is 19.1 Å². The summed E-state index contributed by atoms with van der Waals surface area (Å²) in [6.07, 6.45) is 1.32. The van der Waals surface area contributed by atoms with Gasteiger partial charge in [-0.15, -0.1) is 0 Å². The van der Waals surface area contributed by atoms with Crippen molar-refractivity contribution in [1.82, 2.24) is 15.6 Å². The van der Waals surface area contributed by atoms with Gasteiger partial charge < -0.3 is 26.1 Å². The number of para-hydroxylation sites is 1. The molecule has 168 valence electrons. The lowest BCUT2D eigenvalue weighted by atomic mass is 10.0. The smallest absolute Gasteiger partial charge is 0.408 e. The second-order valence-corrected chi connectivity index (χ2v) is 7.95. The van der Waals surface area contributed by atoms with Crippen LogP contribution >= 0.6 is 0 Å². The number of carbonyl (C=O) groups excluding carboxylic acids is 3. The van der Waals surface area contributed by atoms with Crippen LogP contribution in [0.15, 0.2) is 60.8 Å². The molecule has 2 atom stereocenters. The molecule has 0 aliphatic rings. The first-order chi connectivity index (χ1) is 15.3. The van der Waals surface area contributed by atoms with Crippen LogP contribution in [0.4, 0.5) is 4.79 Å². The minimum Gasteiger partial charge on any atom is -0.445 e. The van der Waals surface area contributed by atoms with Crippen molar-refractivity contribution in [3.63, 3.8) is 0 Å². The van der Waals surface area contributed by atoms with E-state index in [0.717, 1.165) is 22.0 Å². The van der Waals surface area contributed by atoms with Gasteiger partial charge in [-0.25, -0.2) is 4.79 Å². The summed E-state index contributed by atoms with van der Waals surface area (Å²) in [7, 11) is 0. The van der Waals surface area contributed by atoms with Gasteiger partial charge in [0.1, 0.15) is 18.7 Å². The molecule has 0 radical (unpaired) electrons. The number of nitrogens with one attached hydrogen (secondary N) is 3. The maximum Gasteiger partial charge on any atom is 0.408 e. The molecule has 32 heavy (non-hydrogen) atoms. The van der Waals surface area contributed by atoms with E-state index in [1.165, 1.54) is 0 Å². The first-order valence-corrected chi connectivity index (χ1v) is 10.5. The average Bonchev–Trinajstić information content (AvgIpc) is 3.19. The number of fused-ring (bicyclic) bond motifs is 1. The molecule has 0 bridgehead atoms. The van der Waals surface area contributed by atoms with Crippen LogP contribution < -0.4 is 16.4 Å². The van der Waals surface area contributed by atoms with Crippen molar-refractivity contribution in [2.75, 3.05) is 0 Å². The SMILES string of the molecule is CC(C)[C@H](NC(=O)OCc1ccccc1)C(=O)N[C@@H](Cc1c[nH]c2ccccc12)C(N)=O. The molecule has 0 unspecified atom stereocenters. The largest absolute Gasteiger partial charge is 0.445 e. The highest BCUT2D eigenvalue weighted by atomic mass is 16.5. The first-order valence-electron chi connectivity index (χ1n) is 10.5. The lowest BCUT2D eigenvalue weighted by Gasteiger charge is -2.24. The third-order valence-electron chi connectivity index (χ3n) is 5.19. The summed E-state index contributed by atoms with van der Waals surface area (Å²) in [5.41, 5.74) is 8.19. The third-order valence-corrected chi connectivity index (χ3v) is 5.19. The van der Waals surface area contributed by atoms with Crippen LogP contribution in [0, 0.1) is 5.92 Å². The molecule has 0 saturated heterocycles. The van der Waals surface area contributed by atoms with E-state index in [-0.39, 0.29) is 18.9 Å². The zero-order valence-corrected chi connectivity index (χ0v) is 18.1. The van der Waals surface area contributed by atoms with E-state index >= 15 is 0 Å². The lowest BCUT2D eigenvalue weighted by Crippen LogP contribution is -2.55. The number of aromatic nitrogens is 1. The van der Waals surface area contributed by atoms with E-state index in [4.69, 9.17) is 10.5 Å². The number of carbonyl (C=O) groups is 3. The van der Waals surface area contributed by atoms with Crippen LogP contribution in [-0.2, 0) is 27.4 Å². The van der Waals surface area contributed by atoms with Crippen LogP contribution in [0.5, 0.6) is 0 Å². The Hall–Kier alpha value is -3.81. The van der Waals surface area contributed by atoms with Crippen LogP contribution in [-0.4, -0.2) is 35.0 Å². The minimum absolute atomic E-state index is 0.0869. The molecule has 0 saturated carbocycles. The van der Waals surface area contributed by atoms with Gasteiger partial charge in [-0.2, -0.15) is 0 Å². The van der Waals surface area contributed by atoms with Gasteiger partial charge in [-0.3, -0.25) is 9.59 Å². The van der Waals surface area contributed by atoms with Gasteiger partial charge in [0.15, 0.2) is 0 Å². The Morgan fingerprint density at radius 3 is 2.38 bits per heavy atom. The fraction of sp³-hybridized carbons (Fsp3) is 0.292. The number of aromatic amines is 1. The Balaban J connectivity index is 1.63. The average molecular weight is 437 g/mol. The Labute approximate surface area is 186 Å². The van der Waals surface area contributed by atoms with Crippen molar-refractivity contribution in [2.45, 2.75) is 39.0 Å². The minimum atomic E-state index is -0.926. The lowest BCUT2D eigenvalue weighted by molar-refractivity contribution is -0.129. The van der Waals surface area contributed by atoms with Crippen molar-refractivity contribution in [2.24, 2.45) is 11.7 Å². The number of hydrogen-bond donors (Lipinski definition) is 4. The summed E-state index contributed by atoms with van der Waals surface area (Å²) in [6, 6.07) is 15.1. The van der Waals surface area contributed by atoms with Crippen molar-refractivity contribution >= 4 is 28.8 Å². The third kappa shape index (κ3) is 5.87. The van der Waals surface area contributed by atoms with Gasteiger partial charge in [-0.05, 0) is 23.1 Å². The van der Waals surface area contributed by atoms with Gasteiger partial charge in [0.2, 0.25) is 11.8 Å². The van der Waals surface area contributed by atoms with Gasteiger partial charge in [0, 0.05) is 23.5 Å². The fourth-order valence-corrected chi connectivity index (χ4v) is 3.43. The molecule has 3 amide bonds. The molecule has 3 aromatic rings. The number of H-pyrrole nitrogens is 1. The van der Waals surface area contributed by atoms with Gasteiger partial charge in [0.05, 0.1) is 0 Å². The summed E-state index contributed by atoms with van der Waals surface area (Å²) in [6.45, 7) is 3.67. The Bertz CT molecular complexity index is 1080. The Morgan fingerprint density at radius 2 is 1.69 bits per heavy atom. The second kappa shape index (κ2) is 10.5. The van der Waals surface area contributed by atoms with E-state index in [9.17, 15) is 14.4 Å². The zero-order valence-electron chi connectivity index (χ0n) is 18.1. The quantitative estimate of drug-likeness (QED) is 0.411. The van der Waals surface area contributed by atoms with Gasteiger partial charge in [0.25, 0.3) is 0 Å². The molecule has 3 rings (SSSR count). The molecule has 8 heteroatoms. The number of alkyl carbamates (subject to hydrolysis) is 1. The number of nitrogens with two attached hydrogens (primary N) is 1. The topological polar surface area (TPSA) is 126 Å². The van der Waals surface area contributed by atoms with E-state index in [2.05, 4.69) is 15.6 Å². The van der Waals surface area contributed by atoms with Crippen molar-refractivity contribution in [1.29, 1.82) is 0 Å². The van der Waals surface area contributed by atoms with Crippen LogP contribution in [0.3, 0.4) is 0 Å². The van der Waals surface area contributed by atoms with Gasteiger partial charge >= 0.3 is 6.09 Å². The molecule has 8 nitrogen and oxygen atoms in total. The predicted octanol–water partition coefficient (Wildman–Crippen LogP) is 2.63. The summed E-state index contributed by atoms with van der Waals surface area (Å²) in [4.78, 5) is 40.4. The van der Waals surface area contributed by atoms with E-state index in [1.807, 2.05) is 54.6 Å². The van der Waals surface area contributed by atoms with Crippen molar-refractivity contribution in [3.05, 3.63) is 71.9 Å². The highest BCUT2D eigenvalue weighted by Crippen LogP contribution is 2.19. The standard InChI is InChI=1S/C24H28N4O4/c1-15(2)21(28-24(31)32-14-16-8-4-3-5-9-16)23(30)27-20(22(25)29)12-17-13-26-19-11-7-6-10-18(17)19/h3-11,13,15,20-21,26H,12,14H2,1-2H3,(H2,25,29)(H,27,30)(H,28,31)/t20-,21-/m0/s1. The summed E-state index contributed by atoms with van der Waals surface area (Å²) < 4.78 is 5.22. The van der Waals surface area contributed by atoms with Crippen LogP contribution in [0.25, 0.3) is 10.9 Å². The Kier molecular flexibility index (Phi) is 7.49. The molecular formula is C24H28N4O4. The van der Waals surface area contributed by atoms with Gasteiger partial charge in [-0.1, -0.05) is 62.4 Å². The molecule has 0 aliphatic heterocycles. The molecule has 0 aliphatic carbocycles. The number of rotatable bonds is 9. The summed E-state index contributed by atoms with van der Waals surface area (Å²) in [5.74, 6) is -1.39. The van der Waals surface area contributed by atoms with E-state index in [1.54, 1.807) is 20.0 Å². The number of benzene rings is 2. The molecule has 1 heterocycles. The molecule has 0 fully saturated rings. The van der Waals surface area contributed by atoms with E-state index < -0.39 is 30.0 Å². The number of ether oxygens (including phenoxy) is 1. The molecule has 1 aromatic heterocycles. The maximum absolute atomic E-state index is 12.9. The van der Waals surface area contributed by atoms with Crippen LogP contribution in [0.1, 0.15) is 25.0 Å². The highest BCUT2D eigenvalue weighted by Gasteiger charge is 2.29. The van der Waals surface area contributed by atoms with Crippen molar-refractivity contribution in [3.8, 4) is 0 Å². The number of hydrogen-bond acceptors (Lipinski definition) is 4. The number of amides is 3. The van der Waals surface area contributed by atoms with E-state index in [0.29, 0.717) is 0 Å². The summed E-state index contributed by atoms with van der Waals surface area (Å²) in [5, 5.41) is 6.22. The molecule has 0 spiro atoms. The predicted molar refractivity (Wildman–Crippen MR) is 122 cm³/mol. The maximum atomic E-state index is 12.9. The highest BCUT2D eigenvalue weighted by molar-refractivity contribution is 5.92. The van der Waals surface area contributed by atoms with Crippen LogP contribution in [0.2, 0.25) is 0 Å². The normalized spacial score (nSPS) is 12.8. The molecule has 5 N–H and O–H groups in total. The monoisotopic (exact) mass is 436 g/mol. The Morgan fingerprint density at radius 1 is 1.00 bits per heavy atom. The summed E-state index contributed by atoms with van der Waals surface area (Å²) >= 11 is 0. The fourth-order valence-electron chi connectivity index (χ4n) is 3.43. The molecule has 2 aromatic carbocycles. The zero-order chi connectivity index (χ0) is 23.1. The second-order valence-electron chi connectivity index (χ2n) is 7.95.